The standard InChI is InChI=1S/C11H18N2O3/c1-4-10(11(14)15-6-3)16-9-7-12-13(5-2)8-9/h7-8,10H,4-6H2,1-3H3. The summed E-state index contributed by atoms with van der Waals surface area (Å²) < 4.78 is 12.2. The van der Waals surface area contributed by atoms with Gasteiger partial charge in [0.25, 0.3) is 0 Å². The number of carbonyl (C=O) groups excluding carboxylic acids is 1. The Balaban J connectivity index is 2.58. The molecule has 0 fully saturated rings. The second-order valence-corrected chi connectivity index (χ2v) is 3.30. The molecule has 0 amide bonds. The van der Waals surface area contributed by atoms with Crippen LogP contribution >= 0.6 is 0 Å². The van der Waals surface area contributed by atoms with Gasteiger partial charge in [0.1, 0.15) is 0 Å². The fourth-order valence-corrected chi connectivity index (χ4v) is 1.28. The molecule has 1 unspecified atom stereocenters. The zero-order chi connectivity index (χ0) is 12.0. The molecule has 0 saturated heterocycles. The van der Waals surface area contributed by atoms with Crippen molar-refractivity contribution in [3.63, 3.8) is 0 Å². The van der Waals surface area contributed by atoms with Crippen molar-refractivity contribution >= 4 is 5.97 Å². The molecule has 5 nitrogen and oxygen atoms in total. The molecule has 0 spiro atoms. The van der Waals surface area contributed by atoms with Gasteiger partial charge in [-0.3, -0.25) is 4.68 Å². The van der Waals surface area contributed by atoms with E-state index in [-0.39, 0.29) is 5.97 Å². The van der Waals surface area contributed by atoms with Crippen LogP contribution in [0.3, 0.4) is 0 Å². The molecule has 90 valence electrons. The van der Waals surface area contributed by atoms with E-state index in [4.69, 9.17) is 9.47 Å². The van der Waals surface area contributed by atoms with Crippen LogP contribution in [0.5, 0.6) is 5.75 Å². The summed E-state index contributed by atoms with van der Waals surface area (Å²) in [4.78, 5) is 11.5. The summed E-state index contributed by atoms with van der Waals surface area (Å²) in [6.07, 6.45) is 3.40. The minimum absolute atomic E-state index is 0.325. The minimum atomic E-state index is -0.547. The number of rotatable bonds is 6. The molecular weight excluding hydrogens is 208 g/mol. The molecule has 1 aromatic rings. The van der Waals surface area contributed by atoms with Crippen LogP contribution in [0.4, 0.5) is 0 Å². The second kappa shape index (κ2) is 6.15. The largest absolute Gasteiger partial charge is 0.475 e. The van der Waals surface area contributed by atoms with Gasteiger partial charge in [-0.1, -0.05) is 6.92 Å². The normalized spacial score (nSPS) is 12.2. The lowest BCUT2D eigenvalue weighted by Gasteiger charge is -2.14. The highest BCUT2D eigenvalue weighted by atomic mass is 16.6. The van der Waals surface area contributed by atoms with Gasteiger partial charge in [-0.05, 0) is 20.3 Å². The molecular formula is C11H18N2O3. The van der Waals surface area contributed by atoms with E-state index in [0.29, 0.717) is 18.8 Å². The van der Waals surface area contributed by atoms with Crippen LogP contribution in [0.25, 0.3) is 0 Å². The average molecular weight is 226 g/mol. The third kappa shape index (κ3) is 3.25. The summed E-state index contributed by atoms with van der Waals surface area (Å²) >= 11 is 0. The van der Waals surface area contributed by atoms with Crippen LogP contribution in [0.15, 0.2) is 12.4 Å². The molecule has 0 N–H and O–H groups in total. The van der Waals surface area contributed by atoms with E-state index in [9.17, 15) is 4.79 Å². The molecule has 1 rings (SSSR count). The van der Waals surface area contributed by atoms with E-state index < -0.39 is 6.10 Å². The predicted octanol–water partition coefficient (Wildman–Crippen LogP) is 1.62. The zero-order valence-corrected chi connectivity index (χ0v) is 9.97. The highest BCUT2D eigenvalue weighted by Gasteiger charge is 2.19. The van der Waals surface area contributed by atoms with Crippen molar-refractivity contribution in [2.24, 2.45) is 0 Å². The molecule has 0 bridgehead atoms. The highest BCUT2D eigenvalue weighted by molar-refractivity contribution is 5.75. The first-order valence-corrected chi connectivity index (χ1v) is 5.56. The van der Waals surface area contributed by atoms with Gasteiger partial charge in [-0.15, -0.1) is 0 Å². The van der Waals surface area contributed by atoms with Crippen LogP contribution in [-0.4, -0.2) is 28.5 Å². The fraction of sp³-hybridized carbons (Fsp3) is 0.636. The lowest BCUT2D eigenvalue weighted by Crippen LogP contribution is -2.28. The Bertz CT molecular complexity index is 336. The Morgan fingerprint density at radius 2 is 2.25 bits per heavy atom. The molecule has 0 aliphatic rings. The topological polar surface area (TPSA) is 53.4 Å². The maximum Gasteiger partial charge on any atom is 0.347 e. The van der Waals surface area contributed by atoms with Gasteiger partial charge >= 0.3 is 5.97 Å². The molecule has 16 heavy (non-hydrogen) atoms. The Morgan fingerprint density at radius 1 is 1.50 bits per heavy atom. The first kappa shape index (κ1) is 12.5. The number of hydrogen-bond donors (Lipinski definition) is 0. The maximum atomic E-state index is 11.5. The van der Waals surface area contributed by atoms with Gasteiger partial charge in [0, 0.05) is 6.54 Å². The first-order chi connectivity index (χ1) is 7.71. The number of ether oxygens (including phenoxy) is 2. The van der Waals surface area contributed by atoms with Crippen molar-refractivity contribution in [2.75, 3.05) is 6.61 Å². The van der Waals surface area contributed by atoms with Crippen molar-refractivity contribution < 1.29 is 14.3 Å². The molecule has 0 aromatic carbocycles. The monoisotopic (exact) mass is 226 g/mol. The second-order valence-electron chi connectivity index (χ2n) is 3.30. The molecule has 0 saturated carbocycles. The Hall–Kier alpha value is -1.52. The van der Waals surface area contributed by atoms with Gasteiger partial charge in [-0.25, -0.2) is 4.79 Å². The molecule has 1 heterocycles. The summed E-state index contributed by atoms with van der Waals surface area (Å²) in [5.74, 6) is 0.274. The van der Waals surface area contributed by atoms with Gasteiger partial charge in [-0.2, -0.15) is 5.10 Å². The smallest absolute Gasteiger partial charge is 0.347 e. The average Bonchev–Trinajstić information content (AvgIpc) is 2.73. The summed E-state index contributed by atoms with van der Waals surface area (Å²) in [6.45, 7) is 6.79. The quantitative estimate of drug-likeness (QED) is 0.692. The number of aryl methyl sites for hydroxylation is 1. The number of carbonyl (C=O) groups is 1. The van der Waals surface area contributed by atoms with E-state index in [1.54, 1.807) is 24.0 Å². The van der Waals surface area contributed by atoms with Crippen molar-refractivity contribution in [2.45, 2.75) is 39.8 Å². The Morgan fingerprint density at radius 3 is 2.75 bits per heavy atom. The van der Waals surface area contributed by atoms with E-state index in [2.05, 4.69) is 5.10 Å². The van der Waals surface area contributed by atoms with Crippen molar-refractivity contribution in [1.29, 1.82) is 0 Å². The Kier molecular flexibility index (Phi) is 4.82. The van der Waals surface area contributed by atoms with Gasteiger partial charge in [0.05, 0.1) is 19.0 Å². The summed E-state index contributed by atoms with van der Waals surface area (Å²) in [5, 5.41) is 4.07. The van der Waals surface area contributed by atoms with Crippen molar-refractivity contribution in [3.8, 4) is 5.75 Å². The summed E-state index contributed by atoms with van der Waals surface area (Å²) in [5.41, 5.74) is 0. The van der Waals surface area contributed by atoms with Crippen molar-refractivity contribution in [1.82, 2.24) is 9.78 Å². The highest BCUT2D eigenvalue weighted by Crippen LogP contribution is 2.13. The molecule has 5 heteroatoms. The fourth-order valence-electron chi connectivity index (χ4n) is 1.28. The molecule has 0 radical (unpaired) electrons. The zero-order valence-electron chi connectivity index (χ0n) is 9.97. The third-order valence-corrected chi connectivity index (χ3v) is 2.13. The lowest BCUT2D eigenvalue weighted by molar-refractivity contribution is -0.151. The summed E-state index contributed by atoms with van der Waals surface area (Å²) in [7, 11) is 0. The van der Waals surface area contributed by atoms with Gasteiger partial charge in [0.15, 0.2) is 11.9 Å². The number of nitrogens with zero attached hydrogens (tertiary/aromatic N) is 2. The van der Waals surface area contributed by atoms with E-state index in [0.717, 1.165) is 6.54 Å². The minimum Gasteiger partial charge on any atom is -0.475 e. The van der Waals surface area contributed by atoms with Crippen LogP contribution in [0.2, 0.25) is 0 Å². The third-order valence-electron chi connectivity index (χ3n) is 2.13. The van der Waals surface area contributed by atoms with Gasteiger partial charge in [0.2, 0.25) is 0 Å². The SMILES string of the molecule is CCOC(=O)C(CC)Oc1cnn(CC)c1. The van der Waals surface area contributed by atoms with E-state index >= 15 is 0 Å². The number of aromatic nitrogens is 2. The predicted molar refractivity (Wildman–Crippen MR) is 59.2 cm³/mol. The van der Waals surface area contributed by atoms with Crippen LogP contribution in [-0.2, 0) is 16.1 Å². The van der Waals surface area contributed by atoms with Gasteiger partial charge < -0.3 is 9.47 Å². The van der Waals surface area contributed by atoms with E-state index in [1.807, 2.05) is 13.8 Å². The first-order valence-electron chi connectivity index (χ1n) is 5.56. The molecule has 1 aromatic heterocycles. The van der Waals surface area contributed by atoms with Crippen LogP contribution < -0.4 is 4.74 Å². The maximum absolute atomic E-state index is 11.5. The molecule has 0 aliphatic carbocycles. The summed E-state index contributed by atoms with van der Waals surface area (Å²) in [6, 6.07) is 0. The van der Waals surface area contributed by atoms with Crippen LogP contribution in [0, 0.1) is 0 Å². The Labute approximate surface area is 95.3 Å². The van der Waals surface area contributed by atoms with E-state index in [1.165, 1.54) is 0 Å². The lowest BCUT2D eigenvalue weighted by atomic mass is 10.3. The van der Waals surface area contributed by atoms with Crippen LogP contribution in [0.1, 0.15) is 27.2 Å². The molecule has 1 atom stereocenters. The number of esters is 1. The van der Waals surface area contributed by atoms with Crippen molar-refractivity contribution in [3.05, 3.63) is 12.4 Å². The number of hydrogen-bond acceptors (Lipinski definition) is 4. The molecule has 0 aliphatic heterocycles.